The first-order valence-corrected chi connectivity index (χ1v) is 10.3. The molecule has 2 atom stereocenters. The molecule has 0 spiro atoms. The van der Waals surface area contributed by atoms with Crippen LogP contribution in [0.15, 0.2) is 23.2 Å². The van der Waals surface area contributed by atoms with Crippen LogP contribution in [0.25, 0.3) is 0 Å². The summed E-state index contributed by atoms with van der Waals surface area (Å²) < 4.78 is 0. The Morgan fingerprint density at radius 3 is 2.64 bits per heavy atom. The molecule has 0 radical (unpaired) electrons. The van der Waals surface area contributed by atoms with E-state index in [1.54, 1.807) is 6.92 Å². The van der Waals surface area contributed by atoms with Gasteiger partial charge in [0.1, 0.15) is 0 Å². The summed E-state index contributed by atoms with van der Waals surface area (Å²) in [7, 11) is 0. The molecule has 5 nitrogen and oxygen atoms in total. The molecule has 1 fully saturated rings. The fourth-order valence-electron chi connectivity index (χ4n) is 4.44. The third-order valence-corrected chi connectivity index (χ3v) is 6.20. The van der Waals surface area contributed by atoms with E-state index in [1.165, 1.54) is 16.7 Å². The predicted octanol–water partition coefficient (Wildman–Crippen LogP) is 3.68. The number of hydrogen-bond acceptors (Lipinski definition) is 3. The topological polar surface area (TPSA) is 70.0 Å². The minimum Gasteiger partial charge on any atom is -0.481 e. The first-order chi connectivity index (χ1) is 13.1. The normalized spacial score (nSPS) is 22.4. The van der Waals surface area contributed by atoms with Crippen LogP contribution in [0.3, 0.4) is 0 Å². The number of carboxylic acid groups (broad SMARTS) is 1. The van der Waals surface area contributed by atoms with Gasteiger partial charge in [0.2, 0.25) is 5.91 Å². The number of carbonyl (C=O) groups excluding carboxylic acids is 1. The maximum atomic E-state index is 11.9. The minimum absolute atomic E-state index is 0.0691. The zero-order valence-electron chi connectivity index (χ0n) is 17.5. The van der Waals surface area contributed by atoms with Gasteiger partial charge in [-0.05, 0) is 59.3 Å². The molecule has 0 saturated carbocycles. The Bertz CT molecular complexity index is 792. The highest BCUT2D eigenvalue weighted by molar-refractivity contribution is 6.03. The van der Waals surface area contributed by atoms with Crippen LogP contribution in [0.2, 0.25) is 0 Å². The number of piperidine rings is 1. The quantitative estimate of drug-likeness (QED) is 0.861. The Morgan fingerprint density at radius 2 is 2.00 bits per heavy atom. The lowest BCUT2D eigenvalue weighted by molar-refractivity contribution is -0.139. The number of benzene rings is 1. The molecule has 1 N–H and O–H groups in total. The summed E-state index contributed by atoms with van der Waals surface area (Å²) in [6, 6.07) is 6.71. The van der Waals surface area contributed by atoms with Crippen LogP contribution in [-0.4, -0.2) is 47.2 Å². The SMILES string of the molecule is CC(=O)N1CC[C@@H](CC(=O)O)[C@@H](CC2=NCCc3ccc(C(C)(C)C)cc32)C1. The molecule has 0 bridgehead atoms. The smallest absolute Gasteiger partial charge is 0.303 e. The first-order valence-electron chi connectivity index (χ1n) is 10.3. The van der Waals surface area contributed by atoms with Crippen molar-refractivity contribution >= 4 is 17.6 Å². The molecule has 0 aromatic heterocycles. The van der Waals surface area contributed by atoms with Crippen molar-refractivity contribution in [3.8, 4) is 0 Å². The van der Waals surface area contributed by atoms with Crippen LogP contribution >= 0.6 is 0 Å². The van der Waals surface area contributed by atoms with E-state index < -0.39 is 5.97 Å². The van der Waals surface area contributed by atoms with Crippen molar-refractivity contribution in [3.05, 3.63) is 34.9 Å². The summed E-state index contributed by atoms with van der Waals surface area (Å²) in [5.74, 6) is -0.462. The molecule has 0 unspecified atom stereocenters. The highest BCUT2D eigenvalue weighted by Crippen LogP contribution is 2.33. The summed E-state index contributed by atoms with van der Waals surface area (Å²) in [6.07, 6.45) is 2.60. The summed E-state index contributed by atoms with van der Waals surface area (Å²) in [5.41, 5.74) is 4.98. The molecular weight excluding hydrogens is 352 g/mol. The number of nitrogens with zero attached hydrogens (tertiary/aromatic N) is 2. The van der Waals surface area contributed by atoms with E-state index in [-0.39, 0.29) is 29.6 Å². The number of carbonyl (C=O) groups is 2. The van der Waals surface area contributed by atoms with Gasteiger partial charge >= 0.3 is 5.97 Å². The molecular formula is C23H32N2O3. The first kappa shape index (κ1) is 20.6. The van der Waals surface area contributed by atoms with Crippen molar-refractivity contribution in [3.63, 3.8) is 0 Å². The van der Waals surface area contributed by atoms with Crippen molar-refractivity contribution in [2.24, 2.45) is 16.8 Å². The number of amides is 1. The molecule has 1 aromatic carbocycles. The molecule has 152 valence electrons. The van der Waals surface area contributed by atoms with Crippen LogP contribution in [-0.2, 0) is 21.4 Å². The Balaban J connectivity index is 1.87. The number of rotatable bonds is 4. The standard InChI is InChI=1S/C23H32N2O3/c1-15(26)25-10-8-17(12-22(27)28)18(14-25)11-21-20-13-19(23(2,3)4)6-5-16(20)7-9-24-21/h5-6,13,17-18H,7-12,14H2,1-4H3,(H,27,28)/t17-,18-/m0/s1. The van der Waals surface area contributed by atoms with Gasteiger partial charge in [0, 0.05) is 38.7 Å². The summed E-state index contributed by atoms with van der Waals surface area (Å²) in [4.78, 5) is 30.0. The third kappa shape index (κ3) is 4.62. The maximum absolute atomic E-state index is 11.9. The van der Waals surface area contributed by atoms with E-state index in [0.717, 1.165) is 31.5 Å². The van der Waals surface area contributed by atoms with Crippen molar-refractivity contribution in [1.29, 1.82) is 0 Å². The Kier molecular flexibility index (Phi) is 5.92. The van der Waals surface area contributed by atoms with E-state index in [2.05, 4.69) is 39.0 Å². The lowest BCUT2D eigenvalue weighted by Crippen LogP contribution is -2.44. The third-order valence-electron chi connectivity index (χ3n) is 6.20. The maximum Gasteiger partial charge on any atom is 0.303 e. The highest BCUT2D eigenvalue weighted by Gasteiger charge is 2.33. The molecule has 0 aliphatic carbocycles. The van der Waals surface area contributed by atoms with Crippen molar-refractivity contribution in [2.45, 2.75) is 58.8 Å². The van der Waals surface area contributed by atoms with Gasteiger partial charge in [0.15, 0.2) is 0 Å². The minimum atomic E-state index is -0.757. The summed E-state index contributed by atoms with van der Waals surface area (Å²) in [5, 5.41) is 9.34. The summed E-state index contributed by atoms with van der Waals surface area (Å²) in [6.45, 7) is 10.3. The average molecular weight is 385 g/mol. The molecule has 5 heteroatoms. The second-order valence-corrected chi connectivity index (χ2v) is 9.28. The van der Waals surface area contributed by atoms with Gasteiger partial charge in [-0.1, -0.05) is 32.9 Å². The van der Waals surface area contributed by atoms with Gasteiger partial charge in [-0.15, -0.1) is 0 Å². The monoisotopic (exact) mass is 384 g/mol. The second kappa shape index (κ2) is 8.06. The zero-order valence-corrected chi connectivity index (χ0v) is 17.5. The zero-order chi connectivity index (χ0) is 20.5. The van der Waals surface area contributed by atoms with Gasteiger partial charge in [-0.2, -0.15) is 0 Å². The van der Waals surface area contributed by atoms with Crippen LogP contribution in [0.1, 0.15) is 63.6 Å². The number of aliphatic carboxylic acids is 1. The Labute approximate surface area is 167 Å². The molecule has 2 heterocycles. The van der Waals surface area contributed by atoms with Gasteiger partial charge in [0.05, 0.1) is 0 Å². The van der Waals surface area contributed by atoms with Crippen molar-refractivity contribution in [2.75, 3.05) is 19.6 Å². The Hall–Kier alpha value is -2.17. The van der Waals surface area contributed by atoms with E-state index in [0.29, 0.717) is 13.1 Å². The van der Waals surface area contributed by atoms with Gasteiger partial charge in [-0.3, -0.25) is 14.6 Å². The molecule has 1 saturated heterocycles. The number of fused-ring (bicyclic) bond motifs is 1. The van der Waals surface area contributed by atoms with Gasteiger partial charge < -0.3 is 10.0 Å². The lowest BCUT2D eigenvalue weighted by atomic mass is 9.77. The molecule has 3 rings (SSSR count). The van der Waals surface area contributed by atoms with Crippen LogP contribution in [0, 0.1) is 11.8 Å². The van der Waals surface area contributed by atoms with Crippen LogP contribution < -0.4 is 0 Å². The molecule has 2 aliphatic heterocycles. The van der Waals surface area contributed by atoms with Crippen molar-refractivity contribution in [1.82, 2.24) is 4.90 Å². The second-order valence-electron chi connectivity index (χ2n) is 9.28. The van der Waals surface area contributed by atoms with Gasteiger partial charge in [0.25, 0.3) is 0 Å². The lowest BCUT2D eigenvalue weighted by Gasteiger charge is -2.38. The number of aliphatic imine (C=N–C) groups is 1. The fourth-order valence-corrected chi connectivity index (χ4v) is 4.44. The van der Waals surface area contributed by atoms with E-state index in [4.69, 9.17) is 4.99 Å². The number of hydrogen-bond donors (Lipinski definition) is 1. The Morgan fingerprint density at radius 1 is 1.25 bits per heavy atom. The number of carboxylic acids is 1. The van der Waals surface area contributed by atoms with E-state index in [9.17, 15) is 14.7 Å². The fraction of sp³-hybridized carbons (Fsp3) is 0.609. The van der Waals surface area contributed by atoms with Crippen molar-refractivity contribution < 1.29 is 14.7 Å². The van der Waals surface area contributed by atoms with Gasteiger partial charge in [-0.25, -0.2) is 0 Å². The molecule has 1 aromatic rings. The highest BCUT2D eigenvalue weighted by atomic mass is 16.4. The van der Waals surface area contributed by atoms with Crippen LogP contribution in [0.4, 0.5) is 0 Å². The average Bonchev–Trinajstić information content (AvgIpc) is 2.61. The molecule has 1 amide bonds. The van der Waals surface area contributed by atoms with E-state index >= 15 is 0 Å². The largest absolute Gasteiger partial charge is 0.481 e. The predicted molar refractivity (Wildman–Crippen MR) is 111 cm³/mol. The number of likely N-dealkylation sites (tertiary alicyclic amines) is 1. The van der Waals surface area contributed by atoms with Crippen LogP contribution in [0.5, 0.6) is 0 Å². The molecule has 2 aliphatic rings. The molecule has 28 heavy (non-hydrogen) atoms. The summed E-state index contributed by atoms with van der Waals surface area (Å²) >= 11 is 0. The van der Waals surface area contributed by atoms with E-state index in [1.807, 2.05) is 4.90 Å².